The highest BCUT2D eigenvalue weighted by Crippen LogP contribution is 2.25. The van der Waals surface area contributed by atoms with Crippen molar-refractivity contribution in [1.29, 1.82) is 0 Å². The fourth-order valence-corrected chi connectivity index (χ4v) is 2.72. The maximum Gasteiger partial charge on any atom is 0.133 e. The fraction of sp³-hybridized carbons (Fsp3) is 0.500. The molecule has 0 aromatic carbocycles. The molecule has 0 saturated heterocycles. The van der Waals surface area contributed by atoms with Gasteiger partial charge in [-0.3, -0.25) is 4.68 Å². The molecule has 0 fully saturated rings. The standard InChI is InChI=1S/C14H19N5/c1-3-12-10(8-19(2)18-12)7-15-14-11-5-4-6-13(11)16-9-17-14/h8-9H,3-7H2,1-2H3,(H,15,16,17). The van der Waals surface area contributed by atoms with Crippen molar-refractivity contribution in [3.63, 3.8) is 0 Å². The molecule has 1 N–H and O–H groups in total. The van der Waals surface area contributed by atoms with E-state index in [0.29, 0.717) is 0 Å². The summed E-state index contributed by atoms with van der Waals surface area (Å²) in [5, 5.41) is 7.90. The summed E-state index contributed by atoms with van der Waals surface area (Å²) in [7, 11) is 1.96. The Kier molecular flexibility index (Phi) is 3.19. The molecule has 0 atom stereocenters. The number of hydrogen-bond acceptors (Lipinski definition) is 4. The van der Waals surface area contributed by atoms with Crippen LogP contribution in [0.5, 0.6) is 0 Å². The van der Waals surface area contributed by atoms with Gasteiger partial charge in [-0.15, -0.1) is 0 Å². The Labute approximate surface area is 113 Å². The van der Waals surface area contributed by atoms with Gasteiger partial charge in [0.1, 0.15) is 12.1 Å². The van der Waals surface area contributed by atoms with Crippen molar-refractivity contribution in [3.05, 3.63) is 35.0 Å². The van der Waals surface area contributed by atoms with Crippen molar-refractivity contribution in [1.82, 2.24) is 19.7 Å². The Morgan fingerprint density at radius 2 is 2.21 bits per heavy atom. The predicted octanol–water partition coefficient (Wildman–Crippen LogP) is 1.87. The smallest absolute Gasteiger partial charge is 0.133 e. The molecule has 5 heteroatoms. The lowest BCUT2D eigenvalue weighted by Gasteiger charge is -2.09. The lowest BCUT2D eigenvalue weighted by atomic mass is 10.2. The minimum atomic E-state index is 0.778. The van der Waals surface area contributed by atoms with Gasteiger partial charge in [0, 0.05) is 36.6 Å². The minimum Gasteiger partial charge on any atom is -0.366 e. The van der Waals surface area contributed by atoms with Crippen LogP contribution in [0.25, 0.3) is 0 Å². The van der Waals surface area contributed by atoms with E-state index in [1.165, 1.54) is 23.2 Å². The zero-order chi connectivity index (χ0) is 13.2. The predicted molar refractivity (Wildman–Crippen MR) is 74.0 cm³/mol. The first-order valence-corrected chi connectivity index (χ1v) is 6.86. The molecule has 0 bridgehead atoms. The number of aryl methyl sites for hydroxylation is 3. The highest BCUT2D eigenvalue weighted by atomic mass is 15.3. The van der Waals surface area contributed by atoms with Crippen LogP contribution in [-0.2, 0) is 32.9 Å². The van der Waals surface area contributed by atoms with Crippen LogP contribution in [0.15, 0.2) is 12.5 Å². The maximum atomic E-state index is 4.46. The van der Waals surface area contributed by atoms with Crippen LogP contribution in [0.1, 0.15) is 35.9 Å². The molecule has 2 aromatic heterocycles. The van der Waals surface area contributed by atoms with E-state index in [4.69, 9.17) is 0 Å². The third-order valence-electron chi connectivity index (χ3n) is 3.65. The molecule has 0 amide bonds. The quantitative estimate of drug-likeness (QED) is 0.908. The van der Waals surface area contributed by atoms with Crippen molar-refractivity contribution >= 4 is 5.82 Å². The number of anilines is 1. The number of fused-ring (bicyclic) bond motifs is 1. The van der Waals surface area contributed by atoms with Crippen LogP contribution in [0.2, 0.25) is 0 Å². The van der Waals surface area contributed by atoms with Gasteiger partial charge < -0.3 is 5.32 Å². The Bertz CT molecular complexity index is 588. The summed E-state index contributed by atoms with van der Waals surface area (Å²) in [6.45, 7) is 2.91. The van der Waals surface area contributed by atoms with Crippen LogP contribution in [-0.4, -0.2) is 19.7 Å². The van der Waals surface area contributed by atoms with E-state index in [2.05, 4.69) is 33.5 Å². The van der Waals surface area contributed by atoms with Gasteiger partial charge in [0.25, 0.3) is 0 Å². The first-order valence-electron chi connectivity index (χ1n) is 6.86. The highest BCUT2D eigenvalue weighted by molar-refractivity contribution is 5.48. The SMILES string of the molecule is CCc1nn(C)cc1CNc1ncnc2c1CCC2. The second-order valence-electron chi connectivity index (χ2n) is 4.98. The summed E-state index contributed by atoms with van der Waals surface area (Å²) in [5.41, 5.74) is 4.90. The summed E-state index contributed by atoms with van der Waals surface area (Å²) < 4.78 is 1.88. The number of rotatable bonds is 4. The van der Waals surface area contributed by atoms with Gasteiger partial charge in [-0.05, 0) is 25.7 Å². The van der Waals surface area contributed by atoms with Gasteiger partial charge in [0.05, 0.1) is 5.69 Å². The fourth-order valence-electron chi connectivity index (χ4n) is 2.72. The van der Waals surface area contributed by atoms with E-state index < -0.39 is 0 Å². The summed E-state index contributed by atoms with van der Waals surface area (Å²) in [4.78, 5) is 8.72. The lowest BCUT2D eigenvalue weighted by molar-refractivity contribution is 0.746. The maximum absolute atomic E-state index is 4.46. The topological polar surface area (TPSA) is 55.6 Å². The molecule has 0 unspecified atom stereocenters. The van der Waals surface area contributed by atoms with E-state index in [1.54, 1.807) is 6.33 Å². The number of nitrogens with one attached hydrogen (secondary N) is 1. The summed E-state index contributed by atoms with van der Waals surface area (Å²) >= 11 is 0. The second kappa shape index (κ2) is 4.99. The highest BCUT2D eigenvalue weighted by Gasteiger charge is 2.17. The van der Waals surface area contributed by atoms with Crippen LogP contribution in [0, 0.1) is 0 Å². The van der Waals surface area contributed by atoms with E-state index in [-0.39, 0.29) is 0 Å². The van der Waals surface area contributed by atoms with E-state index in [9.17, 15) is 0 Å². The molecule has 0 radical (unpaired) electrons. The van der Waals surface area contributed by atoms with E-state index >= 15 is 0 Å². The second-order valence-corrected chi connectivity index (χ2v) is 4.98. The van der Waals surface area contributed by atoms with Crippen molar-refractivity contribution in [2.24, 2.45) is 7.05 Å². The van der Waals surface area contributed by atoms with Gasteiger partial charge in [0.15, 0.2) is 0 Å². The Morgan fingerprint density at radius 3 is 3.05 bits per heavy atom. The monoisotopic (exact) mass is 257 g/mol. The lowest BCUT2D eigenvalue weighted by Crippen LogP contribution is -2.06. The van der Waals surface area contributed by atoms with Gasteiger partial charge >= 0.3 is 0 Å². The molecule has 1 aliphatic carbocycles. The number of aromatic nitrogens is 4. The van der Waals surface area contributed by atoms with Gasteiger partial charge in [0.2, 0.25) is 0 Å². The van der Waals surface area contributed by atoms with Crippen LogP contribution < -0.4 is 5.32 Å². The molecule has 1 aliphatic rings. The van der Waals surface area contributed by atoms with Crippen molar-refractivity contribution < 1.29 is 0 Å². The Balaban J connectivity index is 1.78. The largest absolute Gasteiger partial charge is 0.366 e. The Hall–Kier alpha value is -1.91. The molecule has 0 aliphatic heterocycles. The van der Waals surface area contributed by atoms with Crippen LogP contribution >= 0.6 is 0 Å². The number of nitrogens with zero attached hydrogens (tertiary/aromatic N) is 4. The third-order valence-corrected chi connectivity index (χ3v) is 3.65. The normalized spacial score (nSPS) is 13.6. The first-order chi connectivity index (χ1) is 9.28. The molecular formula is C14H19N5. The minimum absolute atomic E-state index is 0.778. The van der Waals surface area contributed by atoms with Gasteiger partial charge in [-0.25, -0.2) is 9.97 Å². The van der Waals surface area contributed by atoms with Crippen LogP contribution in [0.4, 0.5) is 5.82 Å². The van der Waals surface area contributed by atoms with Gasteiger partial charge in [-0.2, -0.15) is 5.10 Å². The molecule has 0 spiro atoms. The zero-order valence-electron chi connectivity index (χ0n) is 11.5. The third kappa shape index (κ3) is 2.32. The molecular weight excluding hydrogens is 238 g/mol. The molecule has 5 nitrogen and oxygen atoms in total. The average molecular weight is 257 g/mol. The molecule has 0 saturated carbocycles. The van der Waals surface area contributed by atoms with E-state index in [0.717, 1.165) is 37.3 Å². The first kappa shape index (κ1) is 12.1. The molecule has 100 valence electrons. The zero-order valence-corrected chi connectivity index (χ0v) is 11.5. The number of hydrogen-bond donors (Lipinski definition) is 1. The molecule has 2 aromatic rings. The summed E-state index contributed by atoms with van der Waals surface area (Å²) in [5.74, 6) is 0.994. The van der Waals surface area contributed by atoms with E-state index in [1.807, 2.05) is 11.7 Å². The molecule has 19 heavy (non-hydrogen) atoms. The van der Waals surface area contributed by atoms with Crippen LogP contribution in [0.3, 0.4) is 0 Å². The molecule has 3 rings (SSSR count). The summed E-state index contributed by atoms with van der Waals surface area (Å²) in [6.07, 6.45) is 8.06. The average Bonchev–Trinajstić information content (AvgIpc) is 3.02. The summed E-state index contributed by atoms with van der Waals surface area (Å²) in [6, 6.07) is 0. The Morgan fingerprint density at radius 1 is 1.32 bits per heavy atom. The van der Waals surface area contributed by atoms with Gasteiger partial charge in [-0.1, -0.05) is 6.92 Å². The van der Waals surface area contributed by atoms with Crippen molar-refractivity contribution in [3.8, 4) is 0 Å². The van der Waals surface area contributed by atoms with Crippen molar-refractivity contribution in [2.45, 2.75) is 39.2 Å². The molecule has 2 heterocycles. The van der Waals surface area contributed by atoms with Crippen molar-refractivity contribution in [2.75, 3.05) is 5.32 Å².